The topological polar surface area (TPSA) is 48.9 Å². The van der Waals surface area contributed by atoms with E-state index in [2.05, 4.69) is 9.97 Å². The van der Waals surface area contributed by atoms with E-state index in [0.717, 1.165) is 28.0 Å². The van der Waals surface area contributed by atoms with Gasteiger partial charge in [0.25, 0.3) is 0 Å². The first-order chi connectivity index (χ1) is 8.38. The van der Waals surface area contributed by atoms with Crippen LogP contribution in [-0.4, -0.2) is 15.1 Å². The lowest BCUT2D eigenvalue weighted by Crippen LogP contribution is -1.89. The van der Waals surface area contributed by atoms with Gasteiger partial charge in [-0.1, -0.05) is 36.4 Å². The van der Waals surface area contributed by atoms with Crippen molar-refractivity contribution >= 4 is 11.0 Å². The monoisotopic (exact) mass is 224 g/mol. The average molecular weight is 224 g/mol. The van der Waals surface area contributed by atoms with Crippen LogP contribution in [0.5, 0.6) is 0 Å². The fourth-order valence-corrected chi connectivity index (χ4v) is 1.97. The number of aliphatic hydroxyl groups excluding tert-OH is 1. The molecule has 0 unspecified atom stereocenters. The molecule has 0 aliphatic heterocycles. The maximum absolute atomic E-state index is 9.31. The van der Waals surface area contributed by atoms with E-state index < -0.39 is 0 Å². The summed E-state index contributed by atoms with van der Waals surface area (Å²) >= 11 is 0. The molecule has 0 saturated heterocycles. The summed E-state index contributed by atoms with van der Waals surface area (Å²) in [6.07, 6.45) is 0. The first kappa shape index (κ1) is 10.1. The number of benzene rings is 2. The van der Waals surface area contributed by atoms with Gasteiger partial charge in [-0.25, -0.2) is 4.98 Å². The Morgan fingerprint density at radius 3 is 2.59 bits per heavy atom. The van der Waals surface area contributed by atoms with E-state index in [9.17, 15) is 5.11 Å². The third kappa shape index (κ3) is 1.70. The van der Waals surface area contributed by atoms with Crippen molar-refractivity contribution in [2.45, 2.75) is 6.61 Å². The standard InChI is InChI=1S/C14H12N2O/c17-9-10-5-1-2-6-11(10)14-15-12-7-3-4-8-13(12)16-14/h1-8,17H,9H2,(H,15,16). The molecule has 3 rings (SSSR count). The van der Waals surface area contributed by atoms with E-state index in [1.807, 2.05) is 48.5 Å². The Kier molecular flexibility index (Phi) is 2.38. The van der Waals surface area contributed by atoms with Gasteiger partial charge < -0.3 is 10.1 Å². The fraction of sp³-hybridized carbons (Fsp3) is 0.0714. The summed E-state index contributed by atoms with van der Waals surface area (Å²) in [6.45, 7) is 0.0211. The van der Waals surface area contributed by atoms with Gasteiger partial charge in [0.15, 0.2) is 0 Å². The molecule has 2 N–H and O–H groups in total. The minimum Gasteiger partial charge on any atom is -0.392 e. The number of aromatic amines is 1. The predicted octanol–water partition coefficient (Wildman–Crippen LogP) is 2.72. The van der Waals surface area contributed by atoms with Crippen LogP contribution in [0.3, 0.4) is 0 Å². The zero-order chi connectivity index (χ0) is 11.7. The minimum atomic E-state index is 0.0211. The summed E-state index contributed by atoms with van der Waals surface area (Å²) in [5.41, 5.74) is 3.78. The van der Waals surface area contributed by atoms with Crippen molar-refractivity contribution in [2.24, 2.45) is 0 Å². The highest BCUT2D eigenvalue weighted by Crippen LogP contribution is 2.23. The van der Waals surface area contributed by atoms with Gasteiger partial charge >= 0.3 is 0 Å². The number of rotatable bonds is 2. The van der Waals surface area contributed by atoms with Gasteiger partial charge in [0.2, 0.25) is 0 Å². The Morgan fingerprint density at radius 2 is 1.76 bits per heavy atom. The normalized spacial score (nSPS) is 10.9. The summed E-state index contributed by atoms with van der Waals surface area (Å²) in [6, 6.07) is 15.6. The van der Waals surface area contributed by atoms with E-state index >= 15 is 0 Å². The van der Waals surface area contributed by atoms with Crippen LogP contribution in [0.25, 0.3) is 22.4 Å². The molecule has 3 heteroatoms. The maximum atomic E-state index is 9.31. The quantitative estimate of drug-likeness (QED) is 0.703. The molecular weight excluding hydrogens is 212 g/mol. The van der Waals surface area contributed by atoms with Crippen LogP contribution in [0.2, 0.25) is 0 Å². The van der Waals surface area contributed by atoms with Crippen molar-refractivity contribution in [3.63, 3.8) is 0 Å². The Bertz CT molecular complexity index is 625. The van der Waals surface area contributed by atoms with Crippen LogP contribution in [0.1, 0.15) is 5.56 Å². The summed E-state index contributed by atoms with van der Waals surface area (Å²) < 4.78 is 0. The SMILES string of the molecule is OCc1ccccc1-c1nc2ccccc2[nH]1. The van der Waals surface area contributed by atoms with E-state index in [1.54, 1.807) is 0 Å². The molecule has 17 heavy (non-hydrogen) atoms. The molecule has 0 spiro atoms. The maximum Gasteiger partial charge on any atom is 0.138 e. The first-order valence-corrected chi connectivity index (χ1v) is 5.52. The van der Waals surface area contributed by atoms with Gasteiger partial charge in [-0.3, -0.25) is 0 Å². The Hall–Kier alpha value is -2.13. The second kappa shape index (κ2) is 4.03. The summed E-state index contributed by atoms with van der Waals surface area (Å²) in [4.78, 5) is 7.79. The third-order valence-electron chi connectivity index (χ3n) is 2.83. The van der Waals surface area contributed by atoms with Gasteiger partial charge in [-0.2, -0.15) is 0 Å². The highest BCUT2D eigenvalue weighted by molar-refractivity contribution is 5.79. The van der Waals surface area contributed by atoms with Crippen LogP contribution in [0.15, 0.2) is 48.5 Å². The van der Waals surface area contributed by atoms with Gasteiger partial charge in [0, 0.05) is 5.56 Å². The van der Waals surface area contributed by atoms with Gasteiger partial charge in [-0.05, 0) is 17.7 Å². The molecule has 0 saturated carbocycles. The van der Waals surface area contributed by atoms with Gasteiger partial charge in [0.05, 0.1) is 17.6 Å². The molecule has 0 radical (unpaired) electrons. The predicted molar refractivity (Wildman–Crippen MR) is 67.5 cm³/mol. The first-order valence-electron chi connectivity index (χ1n) is 5.52. The number of para-hydroxylation sites is 2. The van der Waals surface area contributed by atoms with Crippen molar-refractivity contribution in [1.29, 1.82) is 0 Å². The molecule has 3 nitrogen and oxygen atoms in total. The molecule has 0 bridgehead atoms. The highest BCUT2D eigenvalue weighted by atomic mass is 16.3. The highest BCUT2D eigenvalue weighted by Gasteiger charge is 2.08. The Balaban J connectivity index is 2.20. The second-order valence-electron chi connectivity index (χ2n) is 3.92. The molecule has 0 aliphatic carbocycles. The molecular formula is C14H12N2O. The van der Waals surface area contributed by atoms with E-state index in [1.165, 1.54) is 0 Å². The molecule has 0 amide bonds. The Labute approximate surface area is 98.8 Å². The molecule has 0 atom stereocenters. The molecule has 84 valence electrons. The van der Waals surface area contributed by atoms with Crippen molar-refractivity contribution in [3.8, 4) is 11.4 Å². The van der Waals surface area contributed by atoms with Crippen LogP contribution in [0.4, 0.5) is 0 Å². The second-order valence-corrected chi connectivity index (χ2v) is 3.92. The van der Waals surface area contributed by atoms with Crippen LogP contribution in [0, 0.1) is 0 Å². The van der Waals surface area contributed by atoms with Gasteiger partial charge in [0.1, 0.15) is 5.82 Å². The van der Waals surface area contributed by atoms with Crippen molar-refractivity contribution in [2.75, 3.05) is 0 Å². The fourth-order valence-electron chi connectivity index (χ4n) is 1.97. The number of aliphatic hydroxyl groups is 1. The lowest BCUT2D eigenvalue weighted by atomic mass is 10.1. The van der Waals surface area contributed by atoms with E-state index in [-0.39, 0.29) is 6.61 Å². The number of hydrogen-bond donors (Lipinski definition) is 2. The summed E-state index contributed by atoms with van der Waals surface area (Å²) in [5, 5.41) is 9.31. The number of imidazole rings is 1. The summed E-state index contributed by atoms with van der Waals surface area (Å²) in [5.74, 6) is 0.802. The van der Waals surface area contributed by atoms with Crippen LogP contribution < -0.4 is 0 Å². The third-order valence-corrected chi connectivity index (χ3v) is 2.83. The lowest BCUT2D eigenvalue weighted by molar-refractivity contribution is 0.282. The molecule has 0 fully saturated rings. The van der Waals surface area contributed by atoms with Crippen molar-refractivity contribution in [1.82, 2.24) is 9.97 Å². The minimum absolute atomic E-state index is 0.0211. The molecule has 1 heterocycles. The van der Waals surface area contributed by atoms with Crippen LogP contribution >= 0.6 is 0 Å². The number of nitrogens with zero attached hydrogens (tertiary/aromatic N) is 1. The summed E-state index contributed by atoms with van der Waals surface area (Å²) in [7, 11) is 0. The van der Waals surface area contributed by atoms with Gasteiger partial charge in [-0.15, -0.1) is 0 Å². The lowest BCUT2D eigenvalue weighted by Gasteiger charge is -2.02. The molecule has 2 aromatic carbocycles. The van der Waals surface area contributed by atoms with Crippen molar-refractivity contribution < 1.29 is 5.11 Å². The number of hydrogen-bond acceptors (Lipinski definition) is 2. The average Bonchev–Trinajstić information content (AvgIpc) is 2.82. The van der Waals surface area contributed by atoms with E-state index in [4.69, 9.17) is 0 Å². The number of H-pyrrole nitrogens is 1. The van der Waals surface area contributed by atoms with Crippen LogP contribution in [-0.2, 0) is 6.61 Å². The number of nitrogens with one attached hydrogen (secondary N) is 1. The zero-order valence-corrected chi connectivity index (χ0v) is 9.22. The smallest absolute Gasteiger partial charge is 0.138 e. The molecule has 0 aliphatic rings. The van der Waals surface area contributed by atoms with Crippen molar-refractivity contribution in [3.05, 3.63) is 54.1 Å². The molecule has 1 aromatic heterocycles. The number of aromatic nitrogens is 2. The largest absolute Gasteiger partial charge is 0.392 e. The van der Waals surface area contributed by atoms with E-state index in [0.29, 0.717) is 0 Å². The zero-order valence-electron chi connectivity index (χ0n) is 9.22. The molecule has 3 aromatic rings. The number of fused-ring (bicyclic) bond motifs is 1. The Morgan fingerprint density at radius 1 is 1.00 bits per heavy atom.